The Morgan fingerprint density at radius 3 is 2.36 bits per heavy atom. The highest BCUT2D eigenvalue weighted by atomic mass is 32.2. The molecule has 0 saturated heterocycles. The van der Waals surface area contributed by atoms with Gasteiger partial charge in [0.05, 0.1) is 18.2 Å². The van der Waals surface area contributed by atoms with Crippen LogP contribution in [0, 0.1) is 17.1 Å². The number of hydrogen-bond donors (Lipinski definition) is 1. The lowest BCUT2D eigenvalue weighted by Gasteiger charge is -2.38. The van der Waals surface area contributed by atoms with Crippen LogP contribution in [0.4, 0.5) is 10.1 Å². The Labute approximate surface area is 190 Å². The van der Waals surface area contributed by atoms with Crippen LogP contribution in [0.3, 0.4) is 0 Å². The highest BCUT2D eigenvalue weighted by Crippen LogP contribution is 2.51. The predicted molar refractivity (Wildman–Crippen MR) is 122 cm³/mol. The van der Waals surface area contributed by atoms with Gasteiger partial charge in [0, 0.05) is 5.56 Å². The molecule has 33 heavy (non-hydrogen) atoms. The van der Waals surface area contributed by atoms with Crippen LogP contribution in [0.2, 0.25) is 0 Å². The van der Waals surface area contributed by atoms with Crippen LogP contribution < -0.4 is 10.0 Å². The van der Waals surface area contributed by atoms with Crippen molar-refractivity contribution in [2.75, 3.05) is 4.31 Å². The summed E-state index contributed by atoms with van der Waals surface area (Å²) in [6.07, 6.45) is 0. The molecule has 6 nitrogen and oxygen atoms in total. The van der Waals surface area contributed by atoms with E-state index in [0.717, 1.165) is 0 Å². The average molecular weight is 460 g/mol. The second kappa shape index (κ2) is 7.80. The minimum atomic E-state index is -4.16. The van der Waals surface area contributed by atoms with E-state index < -0.39 is 21.8 Å². The number of rotatable bonds is 3. The molecule has 164 valence electrons. The number of nitrogens with zero attached hydrogens (tertiary/aromatic N) is 2. The number of nitrogens with two attached hydrogens (primary N) is 1. The minimum Gasteiger partial charge on any atom is -0.439 e. The van der Waals surface area contributed by atoms with Gasteiger partial charge in [0.15, 0.2) is 5.76 Å². The number of halogens is 1. The Balaban J connectivity index is 1.75. The maximum absolute atomic E-state index is 14.1. The van der Waals surface area contributed by atoms with Gasteiger partial charge in [-0.25, -0.2) is 12.8 Å². The fourth-order valence-corrected chi connectivity index (χ4v) is 6.13. The van der Waals surface area contributed by atoms with Gasteiger partial charge >= 0.3 is 0 Å². The number of benzene rings is 3. The summed E-state index contributed by atoms with van der Waals surface area (Å²) in [5.74, 6) is -1.34. The Hall–Kier alpha value is -4.09. The van der Waals surface area contributed by atoms with Gasteiger partial charge in [-0.15, -0.1) is 0 Å². The van der Waals surface area contributed by atoms with Gasteiger partial charge in [-0.1, -0.05) is 54.6 Å². The molecule has 8 heteroatoms. The second-order valence-corrected chi connectivity index (χ2v) is 9.51. The van der Waals surface area contributed by atoms with Crippen LogP contribution in [-0.4, -0.2) is 8.42 Å². The quantitative estimate of drug-likeness (QED) is 0.628. The van der Waals surface area contributed by atoms with Gasteiger partial charge in [0.25, 0.3) is 10.0 Å². The van der Waals surface area contributed by atoms with Crippen molar-refractivity contribution in [2.24, 2.45) is 5.73 Å². The van der Waals surface area contributed by atoms with Crippen molar-refractivity contribution < 1.29 is 17.5 Å². The zero-order valence-corrected chi connectivity index (χ0v) is 18.1. The molecule has 3 aromatic carbocycles. The zero-order chi connectivity index (χ0) is 23.2. The number of allylic oxidation sites excluding steroid dienone is 2. The van der Waals surface area contributed by atoms with E-state index in [0.29, 0.717) is 22.4 Å². The maximum atomic E-state index is 14.1. The molecule has 0 aromatic heterocycles. The Kier molecular flexibility index (Phi) is 4.91. The topological polar surface area (TPSA) is 96.4 Å². The van der Waals surface area contributed by atoms with Crippen LogP contribution in [0.25, 0.3) is 5.76 Å². The fraction of sp³-hybridized carbons (Fsp3) is 0.0800. The van der Waals surface area contributed by atoms with Crippen molar-refractivity contribution in [3.05, 3.63) is 118 Å². The Bertz CT molecular complexity index is 1460. The van der Waals surface area contributed by atoms with Gasteiger partial charge in [-0.2, -0.15) is 5.26 Å². The Morgan fingerprint density at radius 2 is 1.67 bits per heavy atom. The summed E-state index contributed by atoms with van der Waals surface area (Å²) >= 11 is 0. The minimum absolute atomic E-state index is 0.0149. The molecule has 5 rings (SSSR count). The van der Waals surface area contributed by atoms with Crippen molar-refractivity contribution in [3.63, 3.8) is 0 Å². The van der Waals surface area contributed by atoms with Crippen LogP contribution >= 0.6 is 0 Å². The van der Waals surface area contributed by atoms with Crippen LogP contribution in [0.1, 0.15) is 22.6 Å². The predicted octanol–water partition coefficient (Wildman–Crippen LogP) is 4.35. The van der Waals surface area contributed by atoms with Crippen molar-refractivity contribution in [2.45, 2.75) is 12.5 Å². The molecule has 0 unspecified atom stereocenters. The third-order valence-corrected chi connectivity index (χ3v) is 7.61. The summed E-state index contributed by atoms with van der Waals surface area (Å²) in [4.78, 5) is -0.0414. The lowest BCUT2D eigenvalue weighted by molar-refractivity contribution is 0.357. The average Bonchev–Trinajstić information content (AvgIpc) is 2.82. The van der Waals surface area contributed by atoms with E-state index in [1.807, 2.05) is 12.1 Å². The first-order chi connectivity index (χ1) is 15.9. The second-order valence-electron chi connectivity index (χ2n) is 7.68. The third kappa shape index (κ3) is 3.34. The van der Waals surface area contributed by atoms with E-state index in [2.05, 4.69) is 0 Å². The number of para-hydroxylation sites is 1. The molecule has 0 saturated carbocycles. The van der Waals surface area contributed by atoms with Gasteiger partial charge in [0.2, 0.25) is 5.88 Å². The molecular weight excluding hydrogens is 441 g/mol. The van der Waals surface area contributed by atoms with Gasteiger partial charge in [-0.05, 0) is 35.4 Å². The molecular formula is C25H18FN3O3S. The first kappa shape index (κ1) is 20.8. The molecule has 2 heterocycles. The third-order valence-electron chi connectivity index (χ3n) is 5.73. The van der Waals surface area contributed by atoms with E-state index in [4.69, 9.17) is 10.5 Å². The maximum Gasteiger partial charge on any atom is 0.265 e. The van der Waals surface area contributed by atoms with E-state index >= 15 is 0 Å². The smallest absolute Gasteiger partial charge is 0.265 e. The highest BCUT2D eigenvalue weighted by Gasteiger charge is 2.47. The summed E-state index contributed by atoms with van der Waals surface area (Å²) in [6, 6.07) is 23.5. The highest BCUT2D eigenvalue weighted by molar-refractivity contribution is 7.96. The van der Waals surface area contributed by atoms with E-state index in [-0.39, 0.29) is 28.7 Å². The number of ether oxygens (including phenoxy) is 1. The molecule has 0 spiro atoms. The molecule has 2 N–H and O–H groups in total. The van der Waals surface area contributed by atoms with Gasteiger partial charge in [-0.3, -0.25) is 4.31 Å². The lowest BCUT2D eigenvalue weighted by atomic mass is 9.88. The van der Waals surface area contributed by atoms with Crippen LogP contribution in [0.5, 0.6) is 0 Å². The summed E-state index contributed by atoms with van der Waals surface area (Å²) in [5.41, 5.74) is 8.32. The van der Waals surface area contributed by atoms with Crippen molar-refractivity contribution >= 4 is 21.5 Å². The monoisotopic (exact) mass is 459 g/mol. The van der Waals surface area contributed by atoms with Gasteiger partial charge in [0.1, 0.15) is 22.4 Å². The largest absolute Gasteiger partial charge is 0.439 e. The summed E-state index contributed by atoms with van der Waals surface area (Å²) in [5, 5.41) is 9.84. The van der Waals surface area contributed by atoms with E-state index in [1.54, 1.807) is 60.7 Å². The number of sulfonamides is 1. The molecule has 3 aromatic rings. The number of anilines is 1. The van der Waals surface area contributed by atoms with Crippen molar-refractivity contribution in [1.82, 2.24) is 0 Å². The zero-order valence-electron chi connectivity index (χ0n) is 17.3. The first-order valence-corrected chi connectivity index (χ1v) is 11.6. The molecule has 0 bridgehead atoms. The molecule has 0 aliphatic carbocycles. The summed E-state index contributed by atoms with van der Waals surface area (Å²) < 4.78 is 48.6. The summed E-state index contributed by atoms with van der Waals surface area (Å²) in [7, 11) is -4.16. The number of nitriles is 1. The number of fused-ring (bicyclic) bond motifs is 2. The molecule has 0 amide bonds. The van der Waals surface area contributed by atoms with E-state index in [9.17, 15) is 18.1 Å². The molecule has 2 aliphatic heterocycles. The van der Waals surface area contributed by atoms with Gasteiger partial charge < -0.3 is 10.5 Å². The van der Waals surface area contributed by atoms with Crippen LogP contribution in [0.15, 0.2) is 95.2 Å². The molecule has 0 radical (unpaired) electrons. The standard InChI is InChI=1S/C25H18FN3O3S/c26-18-12-10-16(11-13-18)15-29-21-9-5-4-8-19(21)23-24(33(29,30)31)22(17-6-2-1-3-7-17)20(14-27)25(28)32-23/h1-13,22H,15,28H2/t22-/m1/s1. The fourth-order valence-electron chi connectivity index (χ4n) is 4.21. The normalized spacial score (nSPS) is 18.8. The summed E-state index contributed by atoms with van der Waals surface area (Å²) in [6.45, 7) is -0.0149. The molecule has 0 fully saturated rings. The lowest BCUT2D eigenvalue weighted by Crippen LogP contribution is -2.39. The first-order valence-electron chi connectivity index (χ1n) is 10.1. The van der Waals surface area contributed by atoms with E-state index in [1.165, 1.54) is 16.4 Å². The molecule has 1 atom stereocenters. The Morgan fingerprint density at radius 1 is 1.00 bits per heavy atom. The number of hydrogen-bond acceptors (Lipinski definition) is 5. The van der Waals surface area contributed by atoms with Crippen molar-refractivity contribution in [3.8, 4) is 6.07 Å². The molecule has 2 aliphatic rings. The van der Waals surface area contributed by atoms with Crippen molar-refractivity contribution in [1.29, 1.82) is 5.26 Å². The SMILES string of the molecule is N#CC1=C(N)OC2=C([C@@H]1c1ccccc1)S(=O)(=O)N(Cc1ccc(F)cc1)c1ccccc12. The van der Waals surface area contributed by atoms with Crippen LogP contribution in [-0.2, 0) is 21.3 Å².